The average Bonchev–Trinajstić information content (AvgIpc) is 3.13. The van der Waals surface area contributed by atoms with Gasteiger partial charge in [0.05, 0.1) is 25.5 Å². The number of nitrogens with zero attached hydrogens (tertiary/aromatic N) is 3. The van der Waals surface area contributed by atoms with Gasteiger partial charge in [0, 0.05) is 18.1 Å². The highest BCUT2D eigenvalue weighted by Crippen LogP contribution is 2.27. The van der Waals surface area contributed by atoms with Crippen molar-refractivity contribution in [1.29, 1.82) is 0 Å². The lowest BCUT2D eigenvalue weighted by molar-refractivity contribution is -0.139. The van der Waals surface area contributed by atoms with E-state index in [0.717, 1.165) is 0 Å². The molecule has 1 amide bonds. The molecule has 1 aromatic heterocycles. The number of carbonyl (C=O) groups excluding carboxylic acids is 3. The number of aromatic nitrogens is 2. The van der Waals surface area contributed by atoms with E-state index in [1.54, 1.807) is 48.8 Å². The molecule has 0 spiro atoms. The van der Waals surface area contributed by atoms with Crippen LogP contribution < -0.4 is 10.6 Å². The lowest BCUT2D eigenvalue weighted by atomic mass is 10.1. The average molecular weight is 394 g/mol. The quantitative estimate of drug-likeness (QED) is 0.763. The number of rotatable bonds is 5. The maximum absolute atomic E-state index is 12.4. The van der Waals surface area contributed by atoms with E-state index in [4.69, 9.17) is 15.2 Å². The van der Waals surface area contributed by atoms with Crippen LogP contribution in [0.25, 0.3) is 5.69 Å². The first-order valence-corrected chi connectivity index (χ1v) is 8.47. The van der Waals surface area contributed by atoms with Crippen LogP contribution in [0.1, 0.15) is 10.5 Å². The highest BCUT2D eigenvalue weighted by molar-refractivity contribution is 6.05. The number of amides is 1. The van der Waals surface area contributed by atoms with Gasteiger partial charge >= 0.3 is 11.9 Å². The van der Waals surface area contributed by atoms with E-state index in [1.165, 1.54) is 35.9 Å². The number of ether oxygens (including phenoxy) is 2. The van der Waals surface area contributed by atoms with Crippen LogP contribution in [0.5, 0.6) is 0 Å². The second kappa shape index (κ2) is 8.26. The maximum Gasteiger partial charge on any atom is 0.355 e. The largest absolute Gasteiger partial charge is 0.465 e. The van der Waals surface area contributed by atoms with Crippen molar-refractivity contribution in [3.63, 3.8) is 0 Å². The Kier molecular flexibility index (Phi) is 5.59. The number of nitrogens with two attached hydrogens (primary N) is 1. The molecule has 0 aliphatic carbocycles. The predicted octanol–water partition coefficient (Wildman–Crippen LogP) is 1.46. The third-order valence-corrected chi connectivity index (χ3v) is 4.12. The zero-order chi connectivity index (χ0) is 21.0. The van der Waals surface area contributed by atoms with Gasteiger partial charge in [-0.1, -0.05) is 6.08 Å². The molecule has 1 aliphatic heterocycles. The van der Waals surface area contributed by atoms with Crippen molar-refractivity contribution < 1.29 is 23.9 Å². The zero-order valence-corrected chi connectivity index (χ0v) is 15.7. The lowest BCUT2D eigenvalue weighted by Gasteiger charge is -2.23. The van der Waals surface area contributed by atoms with Crippen LogP contribution in [0.2, 0.25) is 0 Å². The number of esters is 2. The standard InChI is InChI=1S/C20H18N4O5/c1-28-19(26)15-5-3-4-11-23(17(15)20(27)29-2)13-6-8-14(9-7-13)24-12-10-16(22-24)18(21)25/h3-12H,1-2H3,(H2,21,25). The van der Waals surface area contributed by atoms with Gasteiger partial charge in [-0.3, -0.25) is 4.79 Å². The number of allylic oxidation sites excluding steroid dienone is 2. The topological polar surface area (TPSA) is 117 Å². The monoisotopic (exact) mass is 394 g/mol. The second-order valence-corrected chi connectivity index (χ2v) is 5.84. The summed E-state index contributed by atoms with van der Waals surface area (Å²) < 4.78 is 11.2. The van der Waals surface area contributed by atoms with Crippen LogP contribution >= 0.6 is 0 Å². The van der Waals surface area contributed by atoms with Gasteiger partial charge in [-0.15, -0.1) is 0 Å². The normalized spacial score (nSPS) is 13.2. The molecule has 0 atom stereocenters. The summed E-state index contributed by atoms with van der Waals surface area (Å²) in [7, 11) is 2.47. The molecule has 1 aromatic carbocycles. The Morgan fingerprint density at radius 1 is 0.931 bits per heavy atom. The van der Waals surface area contributed by atoms with Crippen LogP contribution in [0.15, 0.2) is 72.2 Å². The molecule has 29 heavy (non-hydrogen) atoms. The Balaban J connectivity index is 2.02. The Bertz CT molecular complexity index is 1050. The molecular weight excluding hydrogens is 376 g/mol. The van der Waals surface area contributed by atoms with Gasteiger partial charge in [0.1, 0.15) is 11.4 Å². The molecule has 0 saturated heterocycles. The van der Waals surface area contributed by atoms with E-state index < -0.39 is 17.8 Å². The van der Waals surface area contributed by atoms with Gasteiger partial charge in [-0.2, -0.15) is 5.10 Å². The number of primary amides is 1. The Morgan fingerprint density at radius 3 is 2.17 bits per heavy atom. The number of methoxy groups -OCH3 is 2. The van der Waals surface area contributed by atoms with E-state index in [1.807, 2.05) is 0 Å². The number of hydrogen-bond donors (Lipinski definition) is 1. The number of anilines is 1. The molecule has 9 heteroatoms. The Morgan fingerprint density at radius 2 is 1.59 bits per heavy atom. The van der Waals surface area contributed by atoms with Gasteiger partial charge in [-0.05, 0) is 42.5 Å². The fourth-order valence-electron chi connectivity index (χ4n) is 2.73. The summed E-state index contributed by atoms with van der Waals surface area (Å²) in [5.41, 5.74) is 6.73. The first kappa shape index (κ1) is 19.6. The molecule has 0 radical (unpaired) electrons. The van der Waals surface area contributed by atoms with E-state index in [-0.39, 0.29) is 17.0 Å². The van der Waals surface area contributed by atoms with E-state index >= 15 is 0 Å². The fraction of sp³-hybridized carbons (Fsp3) is 0.100. The summed E-state index contributed by atoms with van der Waals surface area (Å²) in [6.45, 7) is 0. The summed E-state index contributed by atoms with van der Waals surface area (Å²) in [5.74, 6) is -1.97. The van der Waals surface area contributed by atoms with Crippen molar-refractivity contribution in [3.05, 3.63) is 77.9 Å². The minimum absolute atomic E-state index is 0.0206. The zero-order valence-electron chi connectivity index (χ0n) is 15.7. The van der Waals surface area contributed by atoms with E-state index in [0.29, 0.717) is 11.4 Å². The summed E-state index contributed by atoms with van der Waals surface area (Å²) in [6, 6.07) is 8.46. The molecule has 148 valence electrons. The third kappa shape index (κ3) is 3.93. The maximum atomic E-state index is 12.4. The summed E-state index contributed by atoms with van der Waals surface area (Å²) in [6.07, 6.45) is 8.03. The summed E-state index contributed by atoms with van der Waals surface area (Å²) in [4.78, 5) is 37.4. The third-order valence-electron chi connectivity index (χ3n) is 4.12. The molecule has 2 heterocycles. The SMILES string of the molecule is COC(=O)C1=C(C(=O)OC)N(c2ccc(-n3ccc(C(N)=O)n3)cc2)C=CC=C1. The lowest BCUT2D eigenvalue weighted by Crippen LogP contribution is -2.26. The highest BCUT2D eigenvalue weighted by Gasteiger charge is 2.27. The van der Waals surface area contributed by atoms with Gasteiger partial charge in [-0.25, -0.2) is 14.3 Å². The van der Waals surface area contributed by atoms with Crippen molar-refractivity contribution in [1.82, 2.24) is 9.78 Å². The van der Waals surface area contributed by atoms with Crippen LogP contribution in [-0.2, 0) is 19.1 Å². The molecule has 1 aliphatic rings. The van der Waals surface area contributed by atoms with Crippen molar-refractivity contribution in [2.75, 3.05) is 19.1 Å². The molecule has 2 N–H and O–H groups in total. The minimum atomic E-state index is -0.691. The second-order valence-electron chi connectivity index (χ2n) is 5.84. The summed E-state index contributed by atoms with van der Waals surface area (Å²) in [5, 5.41) is 4.10. The minimum Gasteiger partial charge on any atom is -0.465 e. The number of benzene rings is 1. The highest BCUT2D eigenvalue weighted by atomic mass is 16.5. The molecule has 3 rings (SSSR count). The Hall–Kier alpha value is -4.14. The van der Waals surface area contributed by atoms with E-state index in [9.17, 15) is 14.4 Å². The molecule has 0 bridgehead atoms. The molecule has 0 fully saturated rings. The fourth-order valence-corrected chi connectivity index (χ4v) is 2.73. The number of hydrogen-bond acceptors (Lipinski definition) is 7. The number of carbonyl (C=O) groups is 3. The predicted molar refractivity (Wildman–Crippen MR) is 104 cm³/mol. The molecule has 0 saturated carbocycles. The van der Waals surface area contributed by atoms with Crippen molar-refractivity contribution in [3.8, 4) is 5.69 Å². The van der Waals surface area contributed by atoms with Gasteiger partial charge in [0.15, 0.2) is 0 Å². The first-order chi connectivity index (χ1) is 14.0. The van der Waals surface area contributed by atoms with Gasteiger partial charge in [0.25, 0.3) is 5.91 Å². The Labute approximate surface area is 166 Å². The molecular formula is C20H18N4O5. The van der Waals surface area contributed by atoms with E-state index in [2.05, 4.69) is 5.10 Å². The van der Waals surface area contributed by atoms with Crippen LogP contribution in [0, 0.1) is 0 Å². The molecule has 9 nitrogen and oxygen atoms in total. The van der Waals surface area contributed by atoms with Crippen molar-refractivity contribution >= 4 is 23.5 Å². The molecule has 0 unspecified atom stereocenters. The van der Waals surface area contributed by atoms with Gasteiger partial charge in [0.2, 0.25) is 0 Å². The smallest absolute Gasteiger partial charge is 0.355 e. The molecule has 2 aromatic rings. The van der Waals surface area contributed by atoms with Crippen LogP contribution in [0.4, 0.5) is 5.69 Å². The van der Waals surface area contributed by atoms with Crippen molar-refractivity contribution in [2.24, 2.45) is 5.73 Å². The first-order valence-electron chi connectivity index (χ1n) is 8.47. The summed E-state index contributed by atoms with van der Waals surface area (Å²) >= 11 is 0. The van der Waals surface area contributed by atoms with Crippen LogP contribution in [0.3, 0.4) is 0 Å². The van der Waals surface area contributed by atoms with Gasteiger partial charge < -0.3 is 20.1 Å². The van der Waals surface area contributed by atoms with Crippen LogP contribution in [-0.4, -0.2) is 41.8 Å². The van der Waals surface area contributed by atoms with Crippen molar-refractivity contribution in [2.45, 2.75) is 0 Å².